The van der Waals surface area contributed by atoms with Gasteiger partial charge in [0.2, 0.25) is 5.91 Å². The van der Waals surface area contributed by atoms with Gasteiger partial charge in [0.05, 0.1) is 30.2 Å². The number of hydrogen-bond acceptors (Lipinski definition) is 4. The Kier molecular flexibility index (Phi) is 6.56. The number of pyridine rings is 1. The van der Waals surface area contributed by atoms with Gasteiger partial charge in [-0.15, -0.1) is 0 Å². The summed E-state index contributed by atoms with van der Waals surface area (Å²) in [6.07, 6.45) is 2.64. The van der Waals surface area contributed by atoms with Gasteiger partial charge in [0.25, 0.3) is 11.8 Å². The number of nitrogens with zero attached hydrogens (tertiary/aromatic N) is 3. The molecule has 2 heterocycles. The van der Waals surface area contributed by atoms with E-state index >= 15 is 0 Å². The lowest BCUT2D eigenvalue weighted by molar-refractivity contribution is -0.131. The van der Waals surface area contributed by atoms with Gasteiger partial charge in [-0.25, -0.2) is 13.2 Å². The average Bonchev–Trinajstić information content (AvgIpc) is 3.17. The average molecular weight is 478 g/mol. The number of hydrogen-bond donors (Lipinski definition) is 1. The van der Waals surface area contributed by atoms with Crippen molar-refractivity contribution in [2.75, 3.05) is 13.1 Å². The smallest absolute Gasteiger partial charge is 0.268 e. The maximum absolute atomic E-state index is 13.6. The molecular formula is C26H21F3N4O2. The highest BCUT2D eigenvalue weighted by Gasteiger charge is 2.47. The molecule has 1 aliphatic heterocycles. The summed E-state index contributed by atoms with van der Waals surface area (Å²) in [6, 6.07) is 13.5. The highest BCUT2D eigenvalue weighted by molar-refractivity contribution is 6.07. The van der Waals surface area contributed by atoms with E-state index in [4.69, 9.17) is 5.26 Å². The van der Waals surface area contributed by atoms with Crippen molar-refractivity contribution in [2.24, 2.45) is 0 Å². The van der Waals surface area contributed by atoms with E-state index in [1.165, 1.54) is 24.4 Å². The quantitative estimate of drug-likeness (QED) is 0.550. The van der Waals surface area contributed by atoms with E-state index in [0.717, 1.165) is 21.6 Å². The van der Waals surface area contributed by atoms with Crippen molar-refractivity contribution in [1.82, 2.24) is 15.2 Å². The Morgan fingerprint density at radius 3 is 2.69 bits per heavy atom. The fraction of sp³-hybridized carbons (Fsp3) is 0.231. The first-order chi connectivity index (χ1) is 16.7. The Morgan fingerprint density at radius 1 is 1.23 bits per heavy atom. The van der Waals surface area contributed by atoms with Gasteiger partial charge in [-0.3, -0.25) is 14.6 Å². The van der Waals surface area contributed by atoms with E-state index in [2.05, 4.69) is 10.3 Å². The number of allylic oxidation sites excluding steroid dienone is 1. The molecule has 3 aromatic rings. The Labute approximate surface area is 199 Å². The molecule has 6 nitrogen and oxygen atoms in total. The molecule has 9 heteroatoms. The summed E-state index contributed by atoms with van der Waals surface area (Å²) in [5.41, 5.74) is 3.34. The third kappa shape index (κ3) is 5.32. The van der Waals surface area contributed by atoms with Gasteiger partial charge < -0.3 is 10.2 Å². The van der Waals surface area contributed by atoms with Crippen LogP contribution in [0.1, 0.15) is 34.8 Å². The Balaban J connectivity index is 1.53. The van der Waals surface area contributed by atoms with Crippen LogP contribution in [0.4, 0.5) is 13.2 Å². The molecule has 1 aliphatic rings. The summed E-state index contributed by atoms with van der Waals surface area (Å²) in [6.45, 7) is 0.525. The van der Waals surface area contributed by atoms with Gasteiger partial charge >= 0.3 is 0 Å². The first-order valence-electron chi connectivity index (χ1n) is 10.8. The van der Waals surface area contributed by atoms with Crippen molar-refractivity contribution in [3.63, 3.8) is 0 Å². The van der Waals surface area contributed by atoms with Gasteiger partial charge in [0.1, 0.15) is 11.9 Å². The minimum absolute atomic E-state index is 0.265. The zero-order chi connectivity index (χ0) is 25.2. The number of carbonyl (C=O) groups is 2. The second-order valence-electron chi connectivity index (χ2n) is 8.38. The fourth-order valence-electron chi connectivity index (χ4n) is 4.04. The third-order valence-corrected chi connectivity index (χ3v) is 5.83. The number of halogens is 3. The van der Waals surface area contributed by atoms with Crippen LogP contribution in [0.3, 0.4) is 0 Å². The number of nitrogens with one attached hydrogen (secondary N) is 1. The zero-order valence-electron chi connectivity index (χ0n) is 18.8. The molecule has 0 bridgehead atoms. The van der Waals surface area contributed by atoms with Crippen molar-refractivity contribution >= 4 is 34.4 Å². The SMILES string of the molecule is C/C(=C\c1ccc2nccc(C(=O)NCC(=O)N3CC(F)(F)C[C@H]3C#N)c2c1)c1ccc(F)cc1. The number of aromatic nitrogens is 1. The molecule has 0 radical (unpaired) electrons. The number of fused-ring (bicyclic) bond motifs is 1. The molecule has 178 valence electrons. The van der Waals surface area contributed by atoms with E-state index in [1.54, 1.807) is 30.3 Å². The summed E-state index contributed by atoms with van der Waals surface area (Å²) < 4.78 is 40.5. The van der Waals surface area contributed by atoms with Crippen molar-refractivity contribution in [1.29, 1.82) is 5.26 Å². The second-order valence-corrected chi connectivity index (χ2v) is 8.38. The Morgan fingerprint density at radius 2 is 1.97 bits per heavy atom. The van der Waals surface area contributed by atoms with Crippen LogP contribution in [-0.4, -0.2) is 46.8 Å². The lowest BCUT2D eigenvalue weighted by atomic mass is 10.0. The molecular weight excluding hydrogens is 457 g/mol. The molecule has 1 N–H and O–H groups in total. The lowest BCUT2D eigenvalue weighted by Crippen LogP contribution is -2.43. The number of alkyl halides is 2. The van der Waals surface area contributed by atoms with Gasteiger partial charge in [0, 0.05) is 18.0 Å². The number of benzene rings is 2. The zero-order valence-corrected chi connectivity index (χ0v) is 18.8. The molecule has 1 fully saturated rings. The van der Waals surface area contributed by atoms with E-state index in [0.29, 0.717) is 10.9 Å². The monoisotopic (exact) mass is 478 g/mol. The molecule has 0 unspecified atom stereocenters. The maximum atomic E-state index is 13.6. The highest BCUT2D eigenvalue weighted by Crippen LogP contribution is 2.31. The Hall–Kier alpha value is -4.19. The first kappa shape index (κ1) is 24.0. The molecule has 35 heavy (non-hydrogen) atoms. The van der Waals surface area contributed by atoms with Gasteiger partial charge in [-0.1, -0.05) is 24.3 Å². The van der Waals surface area contributed by atoms with Gasteiger partial charge in [0.15, 0.2) is 0 Å². The molecule has 0 spiro atoms. The van der Waals surface area contributed by atoms with E-state index < -0.39 is 43.3 Å². The van der Waals surface area contributed by atoms with Gasteiger partial charge in [-0.2, -0.15) is 5.26 Å². The molecule has 1 aromatic heterocycles. The first-order valence-corrected chi connectivity index (χ1v) is 10.8. The molecule has 2 aromatic carbocycles. The molecule has 2 amide bonds. The van der Waals surface area contributed by atoms with E-state index in [9.17, 15) is 22.8 Å². The number of rotatable bonds is 5. The van der Waals surface area contributed by atoms with Crippen LogP contribution in [0.2, 0.25) is 0 Å². The molecule has 1 atom stereocenters. The lowest BCUT2D eigenvalue weighted by Gasteiger charge is -2.19. The van der Waals surface area contributed by atoms with Crippen LogP contribution >= 0.6 is 0 Å². The maximum Gasteiger partial charge on any atom is 0.268 e. The summed E-state index contributed by atoms with van der Waals surface area (Å²) >= 11 is 0. The van der Waals surface area contributed by atoms with Crippen molar-refractivity contribution in [3.8, 4) is 6.07 Å². The highest BCUT2D eigenvalue weighted by atomic mass is 19.3. The van der Waals surface area contributed by atoms with Crippen molar-refractivity contribution in [3.05, 3.63) is 77.2 Å². The Bertz CT molecular complexity index is 1360. The minimum Gasteiger partial charge on any atom is -0.343 e. The van der Waals surface area contributed by atoms with Crippen molar-refractivity contribution < 1.29 is 22.8 Å². The molecule has 0 saturated carbocycles. The van der Waals surface area contributed by atoms with Crippen LogP contribution in [0.15, 0.2) is 54.7 Å². The van der Waals surface area contributed by atoms with Crippen LogP contribution in [-0.2, 0) is 4.79 Å². The number of carbonyl (C=O) groups excluding carboxylic acids is 2. The van der Waals surface area contributed by atoms with Crippen LogP contribution in [0.5, 0.6) is 0 Å². The minimum atomic E-state index is -3.13. The number of likely N-dealkylation sites (tertiary alicyclic amines) is 1. The second kappa shape index (κ2) is 9.58. The normalized spacial score (nSPS) is 17.3. The van der Waals surface area contributed by atoms with Crippen LogP contribution < -0.4 is 5.32 Å². The topological polar surface area (TPSA) is 86.1 Å². The van der Waals surface area contributed by atoms with Crippen LogP contribution in [0, 0.1) is 17.1 Å². The van der Waals surface area contributed by atoms with E-state index in [-0.39, 0.29) is 11.4 Å². The van der Waals surface area contributed by atoms with Gasteiger partial charge in [-0.05, 0) is 54.0 Å². The fourth-order valence-corrected chi connectivity index (χ4v) is 4.04. The number of nitriles is 1. The summed E-state index contributed by atoms with van der Waals surface area (Å²) in [5.74, 6) is -4.77. The third-order valence-electron chi connectivity index (χ3n) is 5.83. The standard InChI is InChI=1S/C26H21F3N4O2/c1-16(18-3-5-19(27)6-4-18)10-17-2-7-23-22(11-17)21(8-9-31-23)25(35)32-14-24(34)33-15-26(28,29)12-20(33)13-30/h2-11,20H,12,14-15H2,1H3,(H,32,35)/b16-10+/t20-/m0/s1. The summed E-state index contributed by atoms with van der Waals surface area (Å²) in [5, 5.41) is 12.1. The van der Waals surface area contributed by atoms with Crippen molar-refractivity contribution in [2.45, 2.75) is 25.3 Å². The molecule has 4 rings (SSSR count). The van der Waals surface area contributed by atoms with E-state index in [1.807, 2.05) is 19.1 Å². The molecule has 0 aliphatic carbocycles. The summed E-state index contributed by atoms with van der Waals surface area (Å²) in [4.78, 5) is 30.4. The van der Waals surface area contributed by atoms with Crippen LogP contribution in [0.25, 0.3) is 22.6 Å². The largest absolute Gasteiger partial charge is 0.343 e. The predicted molar refractivity (Wildman–Crippen MR) is 125 cm³/mol. The summed E-state index contributed by atoms with van der Waals surface area (Å²) in [7, 11) is 0. The molecule has 1 saturated heterocycles. The predicted octanol–water partition coefficient (Wildman–Crippen LogP) is 4.42. The number of amides is 2.